The molecule has 40 heavy (non-hydrogen) atoms. The summed E-state index contributed by atoms with van der Waals surface area (Å²) in [5, 5.41) is 12.0. The summed E-state index contributed by atoms with van der Waals surface area (Å²) >= 11 is 1.35. The van der Waals surface area contributed by atoms with Crippen LogP contribution in [-0.4, -0.2) is 34.5 Å². The lowest BCUT2D eigenvalue weighted by atomic mass is 9.94. The van der Waals surface area contributed by atoms with E-state index in [2.05, 4.69) is 6.92 Å². The fourth-order valence-electron chi connectivity index (χ4n) is 5.30. The third-order valence-electron chi connectivity index (χ3n) is 7.29. The van der Waals surface area contributed by atoms with Crippen LogP contribution < -0.4 is 14.4 Å². The Bertz CT molecular complexity index is 1670. The van der Waals surface area contributed by atoms with Gasteiger partial charge in [0.15, 0.2) is 5.13 Å². The van der Waals surface area contributed by atoms with Crippen LogP contribution in [0.25, 0.3) is 16.0 Å². The summed E-state index contributed by atoms with van der Waals surface area (Å²) in [6.07, 6.45) is 2.66. The highest BCUT2D eigenvalue weighted by atomic mass is 32.1. The number of unbranched alkanes of at least 4 members (excludes halogenated alkanes) is 1. The molecule has 2 aliphatic rings. The number of aliphatic hydroxyl groups is 1. The minimum Gasteiger partial charge on any atom is -0.507 e. The number of fused-ring (bicyclic) bond motifs is 2. The molecule has 6 rings (SSSR count). The van der Waals surface area contributed by atoms with E-state index in [-0.39, 0.29) is 17.4 Å². The first-order valence-electron chi connectivity index (χ1n) is 13.5. The van der Waals surface area contributed by atoms with Crippen LogP contribution in [0.2, 0.25) is 0 Å². The van der Waals surface area contributed by atoms with Crippen LogP contribution in [0.1, 0.15) is 55.0 Å². The largest absolute Gasteiger partial charge is 0.507 e. The number of aryl methyl sites for hydroxylation is 1. The topological polar surface area (TPSA) is 89.0 Å². The average Bonchev–Trinajstić information content (AvgIpc) is 3.60. The van der Waals surface area contributed by atoms with Gasteiger partial charge in [-0.25, -0.2) is 4.98 Å². The molecule has 1 saturated heterocycles. The summed E-state index contributed by atoms with van der Waals surface area (Å²) in [5.41, 5.74) is 3.93. The van der Waals surface area contributed by atoms with E-state index in [9.17, 15) is 14.7 Å². The van der Waals surface area contributed by atoms with Crippen molar-refractivity contribution in [2.75, 3.05) is 11.5 Å². The van der Waals surface area contributed by atoms with Gasteiger partial charge in [0.05, 0.1) is 28.4 Å². The smallest absolute Gasteiger partial charge is 0.301 e. The summed E-state index contributed by atoms with van der Waals surface area (Å²) in [6, 6.07) is 17.8. The number of benzene rings is 3. The number of hydrogen-bond acceptors (Lipinski definition) is 7. The van der Waals surface area contributed by atoms with Crippen molar-refractivity contribution in [1.82, 2.24) is 4.98 Å². The van der Waals surface area contributed by atoms with Gasteiger partial charge in [0.2, 0.25) is 0 Å². The van der Waals surface area contributed by atoms with Crippen LogP contribution in [0.5, 0.6) is 11.5 Å². The van der Waals surface area contributed by atoms with Crippen molar-refractivity contribution in [2.45, 2.75) is 52.2 Å². The number of aromatic nitrogens is 1. The average molecular weight is 555 g/mol. The van der Waals surface area contributed by atoms with E-state index in [1.807, 2.05) is 62.4 Å². The SMILES string of the molecule is CCCCOc1cccc(C2C(=C(O)c3ccc4c(c3)CC(C)O4)C(=O)C(=O)N2c2nc3ccc(C)cc3s2)c1. The number of carbonyl (C=O) groups excluding carboxylic acids is 2. The maximum absolute atomic E-state index is 13.7. The number of nitrogens with zero attached hydrogens (tertiary/aromatic N) is 2. The third kappa shape index (κ3) is 4.62. The molecule has 1 N–H and O–H groups in total. The van der Waals surface area contributed by atoms with Gasteiger partial charge in [-0.05, 0) is 79.4 Å². The second-order valence-corrected chi connectivity index (χ2v) is 11.4. The fraction of sp³-hybridized carbons (Fsp3) is 0.281. The van der Waals surface area contributed by atoms with Gasteiger partial charge < -0.3 is 14.6 Å². The molecule has 2 atom stereocenters. The molecule has 2 unspecified atom stereocenters. The van der Waals surface area contributed by atoms with Crippen molar-refractivity contribution in [3.63, 3.8) is 0 Å². The van der Waals surface area contributed by atoms with E-state index in [0.29, 0.717) is 35.0 Å². The molecular weight excluding hydrogens is 524 g/mol. The Morgan fingerprint density at radius 1 is 1.15 bits per heavy atom. The normalized spacial score (nSPS) is 19.7. The summed E-state index contributed by atoms with van der Waals surface area (Å²) < 4.78 is 12.7. The van der Waals surface area contributed by atoms with Crippen LogP contribution in [0.15, 0.2) is 66.2 Å². The number of ether oxygens (including phenoxy) is 2. The van der Waals surface area contributed by atoms with Gasteiger partial charge >= 0.3 is 5.91 Å². The molecule has 0 radical (unpaired) electrons. The second-order valence-electron chi connectivity index (χ2n) is 10.4. The number of ketones is 1. The lowest BCUT2D eigenvalue weighted by Crippen LogP contribution is -2.29. The molecule has 1 amide bonds. The minimum atomic E-state index is -0.875. The standard InChI is InChI=1S/C32H30N2O5S/c1-4-5-13-38-23-8-6-7-20(17-23)28-27(29(35)21-10-12-25-22(16-21)15-19(3)39-25)30(36)31(37)34(28)32-33-24-11-9-18(2)14-26(24)40-32/h6-12,14,16-17,19,28,35H,4-5,13,15H2,1-3H3. The van der Waals surface area contributed by atoms with Crippen LogP contribution in [0.4, 0.5) is 5.13 Å². The molecule has 2 aliphatic heterocycles. The molecule has 3 heterocycles. The van der Waals surface area contributed by atoms with Crippen molar-refractivity contribution in [3.8, 4) is 11.5 Å². The number of aliphatic hydroxyl groups excluding tert-OH is 1. The molecule has 1 fully saturated rings. The van der Waals surface area contributed by atoms with E-state index in [4.69, 9.17) is 14.5 Å². The van der Waals surface area contributed by atoms with Crippen molar-refractivity contribution in [3.05, 3.63) is 88.5 Å². The first-order valence-corrected chi connectivity index (χ1v) is 14.4. The van der Waals surface area contributed by atoms with Gasteiger partial charge in [-0.1, -0.05) is 42.9 Å². The third-order valence-corrected chi connectivity index (χ3v) is 8.31. The van der Waals surface area contributed by atoms with Gasteiger partial charge in [0, 0.05) is 12.0 Å². The predicted molar refractivity (Wildman–Crippen MR) is 156 cm³/mol. The first-order chi connectivity index (χ1) is 19.3. The zero-order chi connectivity index (χ0) is 28.0. The van der Waals surface area contributed by atoms with Gasteiger partial charge in [0.25, 0.3) is 5.78 Å². The van der Waals surface area contributed by atoms with Gasteiger partial charge in [-0.3, -0.25) is 14.5 Å². The van der Waals surface area contributed by atoms with Gasteiger partial charge in [-0.15, -0.1) is 0 Å². The van der Waals surface area contributed by atoms with E-state index in [0.717, 1.165) is 39.9 Å². The van der Waals surface area contributed by atoms with Crippen molar-refractivity contribution in [2.24, 2.45) is 0 Å². The summed E-state index contributed by atoms with van der Waals surface area (Å²) in [6.45, 7) is 6.64. The number of thiazole rings is 1. The second kappa shape index (κ2) is 10.4. The molecule has 204 valence electrons. The van der Waals surface area contributed by atoms with Crippen molar-refractivity contribution in [1.29, 1.82) is 0 Å². The molecule has 1 aromatic heterocycles. The minimum absolute atomic E-state index is 0.0260. The summed E-state index contributed by atoms with van der Waals surface area (Å²) in [5.74, 6) is -0.288. The van der Waals surface area contributed by atoms with E-state index in [1.165, 1.54) is 16.2 Å². The Hall–Kier alpha value is -4.17. The summed E-state index contributed by atoms with van der Waals surface area (Å²) in [7, 11) is 0. The number of rotatable bonds is 7. The zero-order valence-corrected chi connectivity index (χ0v) is 23.5. The van der Waals surface area contributed by atoms with Crippen LogP contribution >= 0.6 is 11.3 Å². The molecule has 0 saturated carbocycles. The fourth-order valence-corrected chi connectivity index (χ4v) is 6.39. The van der Waals surface area contributed by atoms with Crippen molar-refractivity contribution < 1.29 is 24.2 Å². The first kappa shape index (κ1) is 26.1. The van der Waals surface area contributed by atoms with Crippen LogP contribution in [-0.2, 0) is 16.0 Å². The highest BCUT2D eigenvalue weighted by molar-refractivity contribution is 7.22. The molecule has 0 spiro atoms. The zero-order valence-electron chi connectivity index (χ0n) is 22.6. The summed E-state index contributed by atoms with van der Waals surface area (Å²) in [4.78, 5) is 33.4. The molecule has 8 heteroatoms. The number of amides is 1. The Labute approximate surface area is 236 Å². The van der Waals surface area contributed by atoms with Gasteiger partial charge in [0.1, 0.15) is 23.4 Å². The maximum atomic E-state index is 13.7. The molecule has 3 aromatic carbocycles. The lowest BCUT2D eigenvalue weighted by molar-refractivity contribution is -0.132. The quantitative estimate of drug-likeness (QED) is 0.118. The molecular formula is C32H30N2O5S. The number of carbonyl (C=O) groups is 2. The Kier molecular flexibility index (Phi) is 6.80. The predicted octanol–water partition coefficient (Wildman–Crippen LogP) is 6.73. The van der Waals surface area contributed by atoms with E-state index < -0.39 is 17.7 Å². The Morgan fingerprint density at radius 2 is 2.00 bits per heavy atom. The monoisotopic (exact) mass is 554 g/mol. The number of hydrogen-bond donors (Lipinski definition) is 1. The molecule has 0 aliphatic carbocycles. The van der Waals surface area contributed by atoms with Gasteiger partial charge in [-0.2, -0.15) is 0 Å². The highest BCUT2D eigenvalue weighted by Crippen LogP contribution is 2.45. The van der Waals surface area contributed by atoms with Crippen LogP contribution in [0.3, 0.4) is 0 Å². The van der Waals surface area contributed by atoms with E-state index in [1.54, 1.807) is 12.1 Å². The lowest BCUT2D eigenvalue weighted by Gasteiger charge is -2.23. The Morgan fingerprint density at radius 3 is 2.83 bits per heavy atom. The van der Waals surface area contributed by atoms with Crippen LogP contribution in [0, 0.1) is 6.92 Å². The molecule has 7 nitrogen and oxygen atoms in total. The number of Topliss-reactive ketones (excluding diaryl/α,β-unsaturated/α-hetero) is 1. The highest BCUT2D eigenvalue weighted by Gasteiger charge is 2.48. The number of anilines is 1. The maximum Gasteiger partial charge on any atom is 0.301 e. The Balaban J connectivity index is 1.50. The molecule has 0 bridgehead atoms. The van der Waals surface area contributed by atoms with E-state index >= 15 is 0 Å². The molecule has 4 aromatic rings. The van der Waals surface area contributed by atoms with Crippen molar-refractivity contribution >= 4 is 44.1 Å².